The summed E-state index contributed by atoms with van der Waals surface area (Å²) in [7, 11) is 0. The van der Waals surface area contributed by atoms with E-state index < -0.39 is 0 Å². The van der Waals surface area contributed by atoms with E-state index in [9.17, 15) is 4.79 Å². The summed E-state index contributed by atoms with van der Waals surface area (Å²) < 4.78 is 2.85. The van der Waals surface area contributed by atoms with E-state index in [4.69, 9.17) is 0 Å². The first kappa shape index (κ1) is 14.0. The lowest BCUT2D eigenvalue weighted by Crippen LogP contribution is -2.20. The van der Waals surface area contributed by atoms with Crippen molar-refractivity contribution in [2.45, 2.75) is 27.3 Å². The van der Waals surface area contributed by atoms with E-state index in [1.54, 1.807) is 4.68 Å². The molecule has 0 saturated carbocycles. The number of hydrogen-bond donors (Lipinski definition) is 1. The first-order chi connectivity index (χ1) is 8.97. The van der Waals surface area contributed by atoms with Crippen LogP contribution in [0.3, 0.4) is 0 Å². The Hall–Kier alpha value is -1.37. The Kier molecular flexibility index (Phi) is 4.24. The Labute approximate surface area is 126 Å². The number of halogens is 1. The van der Waals surface area contributed by atoms with E-state index >= 15 is 0 Å². The first-order valence-electron chi connectivity index (χ1n) is 6.03. The molecule has 1 aromatic carbocycles. The second kappa shape index (κ2) is 5.73. The number of carbonyl (C=O) groups is 1. The van der Waals surface area contributed by atoms with Crippen molar-refractivity contribution in [3.05, 3.63) is 44.8 Å². The summed E-state index contributed by atoms with van der Waals surface area (Å²) in [4.78, 5) is 12.0. The molecule has 1 amide bonds. The molecular weight excluding hydrogens is 353 g/mol. The summed E-state index contributed by atoms with van der Waals surface area (Å²) in [5, 5.41) is 7.24. The second-order valence-electron chi connectivity index (χ2n) is 4.56. The van der Waals surface area contributed by atoms with Crippen molar-refractivity contribution >= 4 is 34.2 Å². The molecule has 100 valence electrons. The van der Waals surface area contributed by atoms with Crippen molar-refractivity contribution in [3.63, 3.8) is 0 Å². The normalized spacial score (nSPS) is 10.5. The molecule has 0 atom stereocenters. The zero-order valence-electron chi connectivity index (χ0n) is 11.2. The number of hydrogen-bond acceptors (Lipinski definition) is 2. The number of aryl methyl sites for hydroxylation is 2. The third-order valence-electron chi connectivity index (χ3n) is 2.89. The number of anilines is 1. The van der Waals surface area contributed by atoms with Crippen LogP contribution < -0.4 is 5.32 Å². The van der Waals surface area contributed by atoms with Gasteiger partial charge in [0.1, 0.15) is 6.54 Å². The summed E-state index contributed by atoms with van der Waals surface area (Å²) in [5.74, 6) is -0.0624. The molecule has 19 heavy (non-hydrogen) atoms. The van der Waals surface area contributed by atoms with Crippen LogP contribution in [0.4, 0.5) is 5.69 Å². The van der Waals surface area contributed by atoms with Gasteiger partial charge in [0.15, 0.2) is 0 Å². The minimum Gasteiger partial charge on any atom is -0.324 e. The van der Waals surface area contributed by atoms with Crippen molar-refractivity contribution in [2.24, 2.45) is 0 Å². The second-order valence-corrected chi connectivity index (χ2v) is 5.64. The summed E-state index contributed by atoms with van der Waals surface area (Å²) in [6.45, 7) is 6.16. The van der Waals surface area contributed by atoms with Gasteiger partial charge in [0.05, 0.1) is 9.26 Å². The Morgan fingerprint density at radius 2 is 2.11 bits per heavy atom. The van der Waals surface area contributed by atoms with E-state index in [-0.39, 0.29) is 12.5 Å². The Bertz CT molecular complexity index is 619. The average Bonchev–Trinajstić information content (AvgIpc) is 2.57. The summed E-state index contributed by atoms with van der Waals surface area (Å²) >= 11 is 2.25. The highest BCUT2D eigenvalue weighted by atomic mass is 127. The molecule has 1 N–H and O–H groups in total. The number of nitrogens with zero attached hydrogens (tertiary/aromatic N) is 2. The molecule has 0 spiro atoms. The SMILES string of the molecule is Cc1cccc(NC(=O)Cn2nc(C)c(I)c2C)c1. The molecule has 0 aliphatic heterocycles. The van der Waals surface area contributed by atoms with Crippen LogP contribution in [-0.2, 0) is 11.3 Å². The van der Waals surface area contributed by atoms with Crippen molar-refractivity contribution < 1.29 is 4.79 Å². The van der Waals surface area contributed by atoms with E-state index in [0.717, 1.165) is 26.2 Å². The fraction of sp³-hybridized carbons (Fsp3) is 0.286. The number of rotatable bonds is 3. The number of nitrogens with one attached hydrogen (secondary N) is 1. The molecule has 0 aliphatic carbocycles. The summed E-state index contributed by atoms with van der Waals surface area (Å²) in [6.07, 6.45) is 0. The average molecular weight is 369 g/mol. The van der Waals surface area contributed by atoms with Crippen LogP contribution in [0, 0.1) is 24.3 Å². The maximum atomic E-state index is 12.0. The Morgan fingerprint density at radius 1 is 1.37 bits per heavy atom. The number of aromatic nitrogens is 2. The molecule has 4 nitrogen and oxygen atoms in total. The standard InChI is InChI=1S/C14H16IN3O/c1-9-5-4-6-12(7-9)16-13(19)8-18-11(3)14(15)10(2)17-18/h4-7H,8H2,1-3H3,(H,16,19). The lowest BCUT2D eigenvalue weighted by molar-refractivity contribution is -0.116. The van der Waals surface area contributed by atoms with E-state index in [1.807, 2.05) is 45.0 Å². The highest BCUT2D eigenvalue weighted by Crippen LogP contribution is 2.15. The van der Waals surface area contributed by atoms with Crippen molar-refractivity contribution in [3.8, 4) is 0 Å². The quantitative estimate of drug-likeness (QED) is 0.846. The van der Waals surface area contributed by atoms with Gasteiger partial charge < -0.3 is 5.32 Å². The van der Waals surface area contributed by atoms with Gasteiger partial charge in [0.2, 0.25) is 5.91 Å². The fourth-order valence-electron chi connectivity index (χ4n) is 1.89. The highest BCUT2D eigenvalue weighted by molar-refractivity contribution is 14.1. The van der Waals surface area contributed by atoms with E-state index in [2.05, 4.69) is 33.0 Å². The Morgan fingerprint density at radius 3 is 2.68 bits per heavy atom. The topological polar surface area (TPSA) is 46.9 Å². The molecule has 0 radical (unpaired) electrons. The van der Waals surface area contributed by atoms with E-state index in [1.165, 1.54) is 0 Å². The number of amides is 1. The fourth-order valence-corrected chi connectivity index (χ4v) is 2.27. The minimum absolute atomic E-state index is 0.0624. The molecule has 2 aromatic rings. The number of benzene rings is 1. The maximum absolute atomic E-state index is 12.0. The van der Waals surface area contributed by atoms with Gasteiger partial charge in [0.25, 0.3) is 0 Å². The molecular formula is C14H16IN3O. The van der Waals surface area contributed by atoms with Gasteiger partial charge in [-0.05, 0) is 61.1 Å². The largest absolute Gasteiger partial charge is 0.324 e. The lowest BCUT2D eigenvalue weighted by Gasteiger charge is -2.07. The van der Waals surface area contributed by atoms with Gasteiger partial charge in [-0.3, -0.25) is 9.48 Å². The van der Waals surface area contributed by atoms with Crippen LogP contribution in [0.5, 0.6) is 0 Å². The monoisotopic (exact) mass is 369 g/mol. The van der Waals surface area contributed by atoms with Gasteiger partial charge in [-0.2, -0.15) is 5.10 Å². The highest BCUT2D eigenvalue weighted by Gasteiger charge is 2.11. The van der Waals surface area contributed by atoms with Crippen molar-refractivity contribution in [1.29, 1.82) is 0 Å². The molecule has 1 aromatic heterocycles. The van der Waals surface area contributed by atoms with Crippen molar-refractivity contribution in [1.82, 2.24) is 9.78 Å². The van der Waals surface area contributed by atoms with Crippen LogP contribution >= 0.6 is 22.6 Å². The molecule has 0 aliphatic rings. The molecule has 0 bridgehead atoms. The van der Waals surface area contributed by atoms with Gasteiger partial charge in [-0.1, -0.05) is 12.1 Å². The smallest absolute Gasteiger partial charge is 0.246 e. The summed E-state index contributed by atoms with van der Waals surface area (Å²) in [6, 6.07) is 7.76. The minimum atomic E-state index is -0.0624. The Balaban J connectivity index is 2.07. The molecule has 1 heterocycles. The first-order valence-corrected chi connectivity index (χ1v) is 7.11. The number of carbonyl (C=O) groups excluding carboxylic acids is 1. The van der Waals surface area contributed by atoms with Crippen LogP contribution in [0.15, 0.2) is 24.3 Å². The van der Waals surface area contributed by atoms with E-state index in [0.29, 0.717) is 0 Å². The molecule has 0 unspecified atom stereocenters. The van der Waals surface area contributed by atoms with Gasteiger partial charge in [0, 0.05) is 11.4 Å². The van der Waals surface area contributed by atoms with Crippen LogP contribution in [0.1, 0.15) is 17.0 Å². The zero-order valence-corrected chi connectivity index (χ0v) is 13.4. The lowest BCUT2D eigenvalue weighted by atomic mass is 10.2. The molecule has 0 fully saturated rings. The zero-order chi connectivity index (χ0) is 14.0. The van der Waals surface area contributed by atoms with Crippen LogP contribution in [0.2, 0.25) is 0 Å². The van der Waals surface area contributed by atoms with Gasteiger partial charge in [-0.25, -0.2) is 0 Å². The predicted octanol–water partition coefficient (Wildman–Crippen LogP) is 3.05. The molecule has 2 rings (SSSR count). The summed E-state index contributed by atoms with van der Waals surface area (Å²) in [5.41, 5.74) is 3.93. The predicted molar refractivity (Wildman–Crippen MR) is 84.2 cm³/mol. The van der Waals surface area contributed by atoms with Gasteiger partial charge >= 0.3 is 0 Å². The third kappa shape index (κ3) is 3.34. The third-order valence-corrected chi connectivity index (χ3v) is 4.45. The molecule has 5 heteroatoms. The molecule has 0 saturated heterocycles. The van der Waals surface area contributed by atoms with Gasteiger partial charge in [-0.15, -0.1) is 0 Å². The van der Waals surface area contributed by atoms with Crippen molar-refractivity contribution in [2.75, 3.05) is 5.32 Å². The maximum Gasteiger partial charge on any atom is 0.246 e. The van der Waals surface area contributed by atoms with Crippen LogP contribution in [-0.4, -0.2) is 15.7 Å². The van der Waals surface area contributed by atoms with Crippen LogP contribution in [0.25, 0.3) is 0 Å².